The minimum Gasteiger partial charge on any atom is -0.394 e. The fraction of sp³-hybridized carbons (Fsp3) is 0.455. The van der Waals surface area contributed by atoms with Crippen LogP contribution in [-0.4, -0.2) is 40.9 Å². The molecule has 0 amide bonds. The van der Waals surface area contributed by atoms with Gasteiger partial charge in [-0.1, -0.05) is 12.1 Å². The van der Waals surface area contributed by atoms with Crippen molar-refractivity contribution in [2.24, 2.45) is 0 Å². The summed E-state index contributed by atoms with van der Waals surface area (Å²) in [5.41, 5.74) is 1.07. The van der Waals surface area contributed by atoms with E-state index in [-0.39, 0.29) is 12.3 Å². The molecule has 6 nitrogen and oxygen atoms in total. The summed E-state index contributed by atoms with van der Waals surface area (Å²) in [6.07, 6.45) is -0.0253. The summed E-state index contributed by atoms with van der Waals surface area (Å²) in [6.45, 7) is 0.725. The zero-order valence-electron chi connectivity index (χ0n) is 9.37. The van der Waals surface area contributed by atoms with Crippen LogP contribution in [0.4, 0.5) is 5.69 Å². The van der Waals surface area contributed by atoms with Gasteiger partial charge in [0.25, 0.3) is 5.69 Å². The summed E-state index contributed by atoms with van der Waals surface area (Å²) in [5.74, 6) is 0. The number of hydrogen-bond acceptors (Lipinski definition) is 5. The summed E-state index contributed by atoms with van der Waals surface area (Å²) in [7, 11) is 0. The minimum absolute atomic E-state index is 0.0809. The van der Waals surface area contributed by atoms with Crippen molar-refractivity contribution >= 4 is 5.69 Å². The zero-order chi connectivity index (χ0) is 12.7. The van der Waals surface area contributed by atoms with Crippen molar-refractivity contribution in [3.63, 3.8) is 0 Å². The third kappa shape index (κ3) is 4.90. The molecule has 0 bridgehead atoms. The van der Waals surface area contributed by atoms with Crippen LogP contribution in [0, 0.1) is 10.1 Å². The van der Waals surface area contributed by atoms with E-state index >= 15 is 0 Å². The van der Waals surface area contributed by atoms with Gasteiger partial charge in [0.05, 0.1) is 17.6 Å². The molecule has 0 saturated heterocycles. The average molecular weight is 240 g/mol. The monoisotopic (exact) mass is 240 g/mol. The summed E-state index contributed by atoms with van der Waals surface area (Å²) >= 11 is 0. The smallest absolute Gasteiger partial charge is 0.269 e. The van der Waals surface area contributed by atoms with Crippen molar-refractivity contribution in [3.8, 4) is 0 Å². The number of rotatable bonds is 7. The van der Waals surface area contributed by atoms with Gasteiger partial charge < -0.3 is 15.5 Å². The highest BCUT2D eigenvalue weighted by atomic mass is 16.6. The van der Waals surface area contributed by atoms with E-state index in [1.165, 1.54) is 12.1 Å². The predicted molar refractivity (Wildman–Crippen MR) is 62.8 cm³/mol. The molecule has 0 aromatic heterocycles. The number of nitro groups is 1. The first-order chi connectivity index (χ1) is 8.13. The van der Waals surface area contributed by atoms with Crippen molar-refractivity contribution in [2.75, 3.05) is 19.7 Å². The quantitative estimate of drug-likeness (QED) is 0.356. The Labute approximate surface area is 99.0 Å². The third-order valence-electron chi connectivity index (χ3n) is 2.33. The van der Waals surface area contributed by atoms with Crippen molar-refractivity contribution in [2.45, 2.75) is 12.5 Å². The van der Waals surface area contributed by atoms with Crippen LogP contribution in [0.1, 0.15) is 5.56 Å². The molecule has 0 heterocycles. The Morgan fingerprint density at radius 1 is 1.35 bits per heavy atom. The van der Waals surface area contributed by atoms with Crippen LogP contribution >= 0.6 is 0 Å². The van der Waals surface area contributed by atoms with Gasteiger partial charge in [-0.15, -0.1) is 0 Å². The highest BCUT2D eigenvalue weighted by Crippen LogP contribution is 2.11. The molecule has 0 radical (unpaired) electrons. The van der Waals surface area contributed by atoms with Gasteiger partial charge >= 0.3 is 0 Å². The molecule has 17 heavy (non-hydrogen) atoms. The number of nitrogens with one attached hydrogen (secondary N) is 1. The van der Waals surface area contributed by atoms with Crippen LogP contribution in [0.5, 0.6) is 0 Å². The second kappa shape index (κ2) is 6.95. The first kappa shape index (κ1) is 13.6. The molecule has 1 aromatic carbocycles. The Kier molecular flexibility index (Phi) is 5.55. The van der Waals surface area contributed by atoms with E-state index in [0.717, 1.165) is 12.0 Å². The number of benzene rings is 1. The topological polar surface area (TPSA) is 95.6 Å². The molecule has 0 unspecified atom stereocenters. The number of aliphatic hydroxyl groups is 2. The Balaban J connectivity index is 2.30. The van der Waals surface area contributed by atoms with E-state index in [4.69, 9.17) is 10.2 Å². The van der Waals surface area contributed by atoms with Crippen LogP contribution in [0.3, 0.4) is 0 Å². The van der Waals surface area contributed by atoms with Gasteiger partial charge in [0.15, 0.2) is 0 Å². The van der Waals surface area contributed by atoms with Gasteiger partial charge in [0, 0.05) is 18.7 Å². The lowest BCUT2D eigenvalue weighted by Crippen LogP contribution is -2.30. The van der Waals surface area contributed by atoms with Gasteiger partial charge in [0.2, 0.25) is 0 Å². The maximum atomic E-state index is 10.4. The number of aliphatic hydroxyl groups excluding tert-OH is 2. The lowest BCUT2D eigenvalue weighted by atomic mass is 10.1. The summed E-state index contributed by atoms with van der Waals surface area (Å²) < 4.78 is 0. The van der Waals surface area contributed by atoms with Crippen molar-refractivity contribution in [3.05, 3.63) is 39.9 Å². The average Bonchev–Trinajstić information content (AvgIpc) is 2.34. The molecule has 94 valence electrons. The molecule has 0 aliphatic rings. The maximum Gasteiger partial charge on any atom is 0.269 e. The molecule has 0 fully saturated rings. The summed E-state index contributed by atoms with van der Waals surface area (Å²) in [5, 5.41) is 31.0. The van der Waals surface area contributed by atoms with Crippen molar-refractivity contribution in [1.29, 1.82) is 0 Å². The van der Waals surface area contributed by atoms with Crippen LogP contribution in [0.15, 0.2) is 24.3 Å². The fourth-order valence-electron chi connectivity index (χ4n) is 1.35. The Hall–Kier alpha value is -1.50. The number of hydrogen-bond donors (Lipinski definition) is 3. The fourth-order valence-corrected chi connectivity index (χ4v) is 1.35. The molecule has 6 heteroatoms. The SMILES string of the molecule is O=[N+]([O-])c1ccc(CCNC[C@H](O)CO)cc1. The van der Waals surface area contributed by atoms with Gasteiger partial charge in [0.1, 0.15) is 0 Å². The highest BCUT2D eigenvalue weighted by molar-refractivity contribution is 5.32. The Morgan fingerprint density at radius 2 is 2.00 bits per heavy atom. The highest BCUT2D eigenvalue weighted by Gasteiger charge is 2.04. The maximum absolute atomic E-state index is 10.4. The Bertz CT molecular complexity index is 353. The summed E-state index contributed by atoms with van der Waals surface area (Å²) in [6, 6.07) is 6.36. The van der Waals surface area contributed by atoms with Crippen LogP contribution in [-0.2, 0) is 6.42 Å². The second-order valence-corrected chi connectivity index (χ2v) is 3.71. The van der Waals surface area contributed by atoms with Crippen LogP contribution in [0.2, 0.25) is 0 Å². The molecule has 0 spiro atoms. The van der Waals surface area contributed by atoms with Crippen LogP contribution < -0.4 is 5.32 Å². The molecule has 3 N–H and O–H groups in total. The lowest BCUT2D eigenvalue weighted by Gasteiger charge is -2.08. The second-order valence-electron chi connectivity index (χ2n) is 3.71. The van der Waals surface area contributed by atoms with E-state index < -0.39 is 11.0 Å². The van der Waals surface area contributed by atoms with E-state index in [0.29, 0.717) is 13.1 Å². The first-order valence-corrected chi connectivity index (χ1v) is 5.36. The van der Waals surface area contributed by atoms with Crippen molar-refractivity contribution < 1.29 is 15.1 Å². The molecular formula is C11H16N2O4. The predicted octanol–water partition coefficient (Wildman–Crippen LogP) is 0.0801. The third-order valence-corrected chi connectivity index (χ3v) is 2.33. The number of non-ortho nitro benzene ring substituents is 1. The molecule has 0 saturated carbocycles. The minimum atomic E-state index is -0.744. The number of nitrogens with zero attached hydrogens (tertiary/aromatic N) is 1. The van der Waals surface area contributed by atoms with Gasteiger partial charge in [-0.05, 0) is 18.5 Å². The van der Waals surface area contributed by atoms with Crippen molar-refractivity contribution in [1.82, 2.24) is 5.32 Å². The zero-order valence-corrected chi connectivity index (χ0v) is 9.37. The van der Waals surface area contributed by atoms with Gasteiger partial charge in [-0.25, -0.2) is 0 Å². The standard InChI is InChI=1S/C11H16N2O4/c14-8-11(15)7-12-6-5-9-1-3-10(4-2-9)13(16)17/h1-4,11-12,14-15H,5-8H2/t11-/m0/s1. The largest absolute Gasteiger partial charge is 0.394 e. The van der Waals surface area contributed by atoms with Crippen LogP contribution in [0.25, 0.3) is 0 Å². The molecule has 1 rings (SSSR count). The van der Waals surface area contributed by atoms with Gasteiger partial charge in [-0.2, -0.15) is 0 Å². The molecule has 0 aliphatic carbocycles. The van der Waals surface area contributed by atoms with E-state index in [2.05, 4.69) is 5.32 Å². The normalized spacial score (nSPS) is 12.4. The molecular weight excluding hydrogens is 224 g/mol. The molecule has 1 aromatic rings. The molecule has 0 aliphatic heterocycles. The van der Waals surface area contributed by atoms with E-state index in [1.54, 1.807) is 12.1 Å². The van der Waals surface area contributed by atoms with E-state index in [9.17, 15) is 10.1 Å². The molecule has 1 atom stereocenters. The Morgan fingerprint density at radius 3 is 2.53 bits per heavy atom. The number of nitro benzene ring substituents is 1. The van der Waals surface area contributed by atoms with Gasteiger partial charge in [-0.3, -0.25) is 10.1 Å². The lowest BCUT2D eigenvalue weighted by molar-refractivity contribution is -0.384. The van der Waals surface area contributed by atoms with E-state index in [1.807, 2.05) is 0 Å². The first-order valence-electron chi connectivity index (χ1n) is 5.36. The summed E-state index contributed by atoms with van der Waals surface area (Å²) in [4.78, 5) is 9.99.